The van der Waals surface area contributed by atoms with E-state index in [4.69, 9.17) is 47.6 Å². The summed E-state index contributed by atoms with van der Waals surface area (Å²) in [6.45, 7) is 4.62. The molecule has 0 atom stereocenters. The smallest absolute Gasteiger partial charge is 0.266 e. The number of carbonyl (C=O) groups excluding carboxylic acids is 4. The SMILES string of the molecule is O=C(CCCN1C(=O)/C(=C\c2ccccc2Cl)SC1=S)NCCN1CCN(C(=O)CCCN2C(=O)/C(=C/c3ccccc3Cl)SC2=S)CC1. The normalized spacial score (nSPS) is 18.8. The van der Waals surface area contributed by atoms with E-state index in [2.05, 4.69) is 10.2 Å². The Hall–Kier alpha value is -2.78. The Kier molecular flexibility index (Phi) is 13.7. The van der Waals surface area contributed by atoms with Gasteiger partial charge in [-0.3, -0.25) is 33.9 Å². The quantitative estimate of drug-likeness (QED) is 0.197. The molecule has 0 saturated carbocycles. The van der Waals surface area contributed by atoms with E-state index in [-0.39, 0.29) is 30.0 Å². The number of nitrogens with one attached hydrogen (secondary N) is 1. The highest BCUT2D eigenvalue weighted by Crippen LogP contribution is 2.35. The van der Waals surface area contributed by atoms with Crippen LogP contribution < -0.4 is 5.32 Å². The van der Waals surface area contributed by atoms with E-state index in [1.807, 2.05) is 41.3 Å². The Morgan fingerprint density at radius 3 is 1.73 bits per heavy atom. The monoisotopic (exact) mass is 775 g/mol. The second kappa shape index (κ2) is 17.9. The molecule has 0 bridgehead atoms. The number of nitrogens with zero attached hydrogens (tertiary/aromatic N) is 4. The van der Waals surface area contributed by atoms with E-state index < -0.39 is 0 Å². The van der Waals surface area contributed by atoms with Crippen LogP contribution in [0.4, 0.5) is 0 Å². The lowest BCUT2D eigenvalue weighted by Gasteiger charge is -2.34. The van der Waals surface area contributed by atoms with Crippen molar-refractivity contribution in [3.05, 3.63) is 79.5 Å². The molecule has 15 heteroatoms. The van der Waals surface area contributed by atoms with Gasteiger partial charge in [-0.1, -0.05) is 108 Å². The number of hydrogen-bond acceptors (Lipinski definition) is 9. The molecule has 3 heterocycles. The maximum atomic E-state index is 12.9. The first-order chi connectivity index (χ1) is 23.6. The van der Waals surface area contributed by atoms with Gasteiger partial charge < -0.3 is 10.2 Å². The summed E-state index contributed by atoms with van der Waals surface area (Å²) in [5, 5.41) is 4.08. The number of benzene rings is 2. The van der Waals surface area contributed by atoms with Gasteiger partial charge in [0, 0.05) is 75.2 Å². The highest BCUT2D eigenvalue weighted by atomic mass is 35.5. The molecule has 258 valence electrons. The van der Waals surface area contributed by atoms with Crippen molar-refractivity contribution in [2.45, 2.75) is 25.7 Å². The van der Waals surface area contributed by atoms with Crippen LogP contribution in [0.25, 0.3) is 12.2 Å². The topological polar surface area (TPSA) is 93.3 Å². The zero-order valence-electron chi connectivity index (χ0n) is 26.6. The third-order valence-corrected chi connectivity index (χ3v) is 11.6. The van der Waals surface area contributed by atoms with E-state index >= 15 is 0 Å². The fraction of sp³-hybridized carbons (Fsp3) is 0.353. The van der Waals surface area contributed by atoms with Crippen LogP contribution in [0, 0.1) is 0 Å². The molecule has 0 unspecified atom stereocenters. The predicted molar refractivity (Wildman–Crippen MR) is 207 cm³/mol. The van der Waals surface area contributed by atoms with E-state index in [0.29, 0.717) is 87.0 Å². The van der Waals surface area contributed by atoms with Crippen molar-refractivity contribution in [1.82, 2.24) is 24.9 Å². The molecule has 3 fully saturated rings. The number of thioether (sulfide) groups is 2. The fourth-order valence-corrected chi connectivity index (χ4v) is 8.44. The van der Waals surface area contributed by atoms with Gasteiger partial charge in [0.1, 0.15) is 8.64 Å². The zero-order chi connectivity index (χ0) is 34.9. The number of hydrogen-bond donors (Lipinski definition) is 1. The van der Waals surface area contributed by atoms with Gasteiger partial charge in [0.25, 0.3) is 11.8 Å². The van der Waals surface area contributed by atoms with Crippen molar-refractivity contribution >= 4 is 116 Å². The van der Waals surface area contributed by atoms with Gasteiger partial charge in [0.05, 0.1) is 9.81 Å². The van der Waals surface area contributed by atoms with Crippen molar-refractivity contribution in [3.63, 3.8) is 0 Å². The number of rotatable bonds is 13. The molecule has 0 spiro atoms. The van der Waals surface area contributed by atoms with E-state index in [9.17, 15) is 19.2 Å². The van der Waals surface area contributed by atoms with Crippen LogP contribution in [0.15, 0.2) is 58.3 Å². The van der Waals surface area contributed by atoms with Crippen LogP contribution in [0.5, 0.6) is 0 Å². The largest absolute Gasteiger partial charge is 0.355 e. The second-order valence-corrected chi connectivity index (χ2v) is 15.7. The maximum Gasteiger partial charge on any atom is 0.266 e. The maximum absolute atomic E-state index is 12.9. The number of thiocarbonyl (C=S) groups is 2. The van der Waals surface area contributed by atoms with Gasteiger partial charge in [0.15, 0.2) is 0 Å². The van der Waals surface area contributed by atoms with Crippen LogP contribution in [0.1, 0.15) is 36.8 Å². The number of piperazine rings is 1. The lowest BCUT2D eigenvalue weighted by molar-refractivity contribution is -0.133. The molecule has 0 aromatic heterocycles. The summed E-state index contributed by atoms with van der Waals surface area (Å²) in [5.74, 6) is -0.350. The molecule has 0 aliphatic carbocycles. The first-order valence-corrected chi connectivity index (χ1v) is 19.1. The fourth-order valence-electron chi connectivity index (χ4n) is 5.46. The summed E-state index contributed by atoms with van der Waals surface area (Å²) < 4.78 is 0.959. The minimum absolute atomic E-state index is 0.0610. The van der Waals surface area contributed by atoms with Crippen molar-refractivity contribution < 1.29 is 19.2 Å². The zero-order valence-corrected chi connectivity index (χ0v) is 31.3. The van der Waals surface area contributed by atoms with Gasteiger partial charge in [-0.2, -0.15) is 0 Å². The van der Waals surface area contributed by atoms with Crippen LogP contribution in [-0.4, -0.2) is 104 Å². The molecule has 2 aromatic rings. The van der Waals surface area contributed by atoms with E-state index in [1.54, 1.807) is 29.2 Å². The molecule has 3 saturated heterocycles. The lowest BCUT2D eigenvalue weighted by Crippen LogP contribution is -2.50. The average molecular weight is 777 g/mol. The Morgan fingerprint density at radius 2 is 1.22 bits per heavy atom. The molecule has 4 amide bonds. The minimum Gasteiger partial charge on any atom is -0.355 e. The van der Waals surface area contributed by atoms with Crippen LogP contribution in [-0.2, 0) is 19.2 Å². The molecule has 3 aliphatic heterocycles. The van der Waals surface area contributed by atoms with Crippen molar-refractivity contribution in [2.75, 3.05) is 52.4 Å². The first-order valence-electron chi connectivity index (χ1n) is 15.9. The van der Waals surface area contributed by atoms with E-state index in [1.165, 1.54) is 28.4 Å². The molecule has 5 rings (SSSR count). The van der Waals surface area contributed by atoms with Crippen molar-refractivity contribution in [3.8, 4) is 0 Å². The van der Waals surface area contributed by atoms with Gasteiger partial charge in [-0.15, -0.1) is 0 Å². The second-order valence-electron chi connectivity index (χ2n) is 11.5. The number of carbonyl (C=O) groups is 4. The van der Waals surface area contributed by atoms with Gasteiger partial charge in [-0.25, -0.2) is 0 Å². The number of amides is 4. The molecule has 3 aliphatic rings. The summed E-state index contributed by atoms with van der Waals surface area (Å²) in [5.41, 5.74) is 1.52. The predicted octanol–water partition coefficient (Wildman–Crippen LogP) is 5.92. The van der Waals surface area contributed by atoms with Gasteiger partial charge in [0.2, 0.25) is 11.8 Å². The van der Waals surface area contributed by atoms with Crippen molar-refractivity contribution in [2.24, 2.45) is 0 Å². The molecule has 49 heavy (non-hydrogen) atoms. The third kappa shape index (κ3) is 10.2. The Balaban J connectivity index is 0.942. The highest BCUT2D eigenvalue weighted by Gasteiger charge is 2.33. The summed E-state index contributed by atoms with van der Waals surface area (Å²) in [4.78, 5) is 59.4. The van der Waals surface area contributed by atoms with Crippen LogP contribution in [0.3, 0.4) is 0 Å². The molecule has 9 nitrogen and oxygen atoms in total. The number of halogens is 2. The molecular formula is C34H35Cl2N5O4S4. The lowest BCUT2D eigenvalue weighted by atomic mass is 10.2. The molecule has 0 radical (unpaired) electrons. The first kappa shape index (κ1) is 37.5. The third-order valence-electron chi connectivity index (χ3n) is 8.16. The van der Waals surface area contributed by atoms with Crippen LogP contribution >= 0.6 is 71.2 Å². The molecule has 1 N–H and O–H groups in total. The summed E-state index contributed by atoms with van der Waals surface area (Å²) >= 11 is 25.8. The summed E-state index contributed by atoms with van der Waals surface area (Å²) in [6, 6.07) is 14.6. The summed E-state index contributed by atoms with van der Waals surface area (Å²) in [6.07, 6.45) is 5.14. The van der Waals surface area contributed by atoms with E-state index in [0.717, 1.165) is 24.2 Å². The van der Waals surface area contributed by atoms with Gasteiger partial charge >= 0.3 is 0 Å². The highest BCUT2D eigenvalue weighted by molar-refractivity contribution is 8.27. The minimum atomic E-state index is -0.172. The Labute approximate surface area is 315 Å². The molecule has 2 aromatic carbocycles. The standard InChI is InChI=1S/C34H35Cl2N5O4S4/c35-25-9-3-1-7-23(25)21-27-31(44)40(33(46)48-27)14-5-11-29(42)37-13-16-38-17-19-39(20-18-38)30(43)12-6-15-41-32(45)28(49-34(41)47)22-24-8-2-4-10-26(24)36/h1-4,7-10,21-22H,5-6,11-20H2,(H,37,42)/b27-21+,28-22-. The van der Waals surface area contributed by atoms with Crippen molar-refractivity contribution in [1.29, 1.82) is 0 Å². The average Bonchev–Trinajstić information content (AvgIpc) is 3.50. The Morgan fingerprint density at radius 1 is 0.735 bits per heavy atom. The molecular weight excluding hydrogens is 742 g/mol. The van der Waals surface area contributed by atoms with Crippen LogP contribution in [0.2, 0.25) is 10.0 Å². The summed E-state index contributed by atoms with van der Waals surface area (Å²) in [7, 11) is 0. The van der Waals surface area contributed by atoms with Gasteiger partial charge in [-0.05, 0) is 48.3 Å². The Bertz CT molecular complexity index is 1690.